The predicted molar refractivity (Wildman–Crippen MR) is 88.1 cm³/mol. The highest BCUT2D eigenvalue weighted by Crippen LogP contribution is 2.18. The molecule has 1 N–H and O–H groups in total. The summed E-state index contributed by atoms with van der Waals surface area (Å²) in [4.78, 5) is 23.4. The van der Waals surface area contributed by atoms with Gasteiger partial charge in [0.1, 0.15) is 0 Å². The van der Waals surface area contributed by atoms with Gasteiger partial charge in [-0.1, -0.05) is 26.0 Å². The van der Waals surface area contributed by atoms with Gasteiger partial charge in [-0.15, -0.1) is 0 Å². The van der Waals surface area contributed by atoms with Crippen LogP contribution in [0.2, 0.25) is 0 Å². The zero-order chi connectivity index (χ0) is 15.9. The summed E-state index contributed by atoms with van der Waals surface area (Å²) in [6.07, 6.45) is 0.194. The van der Waals surface area contributed by atoms with Crippen molar-refractivity contribution in [1.82, 2.24) is 0 Å². The number of nitrogens with one attached hydrogen (secondary N) is 1. The third-order valence-electron chi connectivity index (χ3n) is 3.13. The van der Waals surface area contributed by atoms with Crippen molar-refractivity contribution in [3.8, 4) is 0 Å². The van der Waals surface area contributed by atoms with Crippen LogP contribution in [0.1, 0.15) is 30.9 Å². The number of thiophene rings is 1. The molecule has 2 aromatic rings. The maximum absolute atomic E-state index is 11.8. The fourth-order valence-electron chi connectivity index (χ4n) is 1.93. The summed E-state index contributed by atoms with van der Waals surface area (Å²) >= 11 is 1.52. The standard InChI is InChI=1S/C17H19NO3S/c1-12(2)14-4-3-5-15(9-14)18-16(19)10-21-17(20)8-13-6-7-22-11-13/h3-7,9,11-12H,8,10H2,1-2H3,(H,18,19). The lowest BCUT2D eigenvalue weighted by Gasteiger charge is -2.10. The molecule has 1 amide bonds. The number of hydrogen-bond acceptors (Lipinski definition) is 4. The second-order valence-electron chi connectivity index (χ2n) is 5.30. The van der Waals surface area contributed by atoms with E-state index in [-0.39, 0.29) is 18.9 Å². The molecule has 0 aliphatic rings. The quantitative estimate of drug-likeness (QED) is 0.828. The van der Waals surface area contributed by atoms with E-state index in [0.29, 0.717) is 11.6 Å². The first-order valence-electron chi connectivity index (χ1n) is 7.11. The lowest BCUT2D eigenvalue weighted by molar-refractivity contribution is -0.146. The number of carbonyl (C=O) groups excluding carboxylic acids is 2. The van der Waals surface area contributed by atoms with Gasteiger partial charge in [0.25, 0.3) is 5.91 Å². The van der Waals surface area contributed by atoms with Gasteiger partial charge < -0.3 is 10.1 Å². The molecule has 5 heteroatoms. The van der Waals surface area contributed by atoms with E-state index >= 15 is 0 Å². The average molecular weight is 317 g/mol. The van der Waals surface area contributed by atoms with Gasteiger partial charge in [-0.2, -0.15) is 11.3 Å². The third kappa shape index (κ3) is 5.00. The average Bonchev–Trinajstić information content (AvgIpc) is 2.98. The minimum atomic E-state index is -0.399. The highest BCUT2D eigenvalue weighted by atomic mass is 32.1. The molecule has 0 saturated heterocycles. The maximum Gasteiger partial charge on any atom is 0.310 e. The van der Waals surface area contributed by atoms with Gasteiger partial charge in [0.2, 0.25) is 0 Å². The fourth-order valence-corrected chi connectivity index (χ4v) is 2.60. The number of rotatable bonds is 6. The zero-order valence-corrected chi connectivity index (χ0v) is 13.5. The SMILES string of the molecule is CC(C)c1cccc(NC(=O)COC(=O)Cc2ccsc2)c1. The van der Waals surface area contributed by atoms with Crippen molar-refractivity contribution in [3.63, 3.8) is 0 Å². The lowest BCUT2D eigenvalue weighted by atomic mass is 10.0. The number of amides is 1. The topological polar surface area (TPSA) is 55.4 Å². The Balaban J connectivity index is 1.80. The smallest absolute Gasteiger partial charge is 0.310 e. The van der Waals surface area contributed by atoms with Crippen molar-refractivity contribution in [2.75, 3.05) is 11.9 Å². The normalized spacial score (nSPS) is 10.5. The van der Waals surface area contributed by atoms with Crippen LogP contribution >= 0.6 is 11.3 Å². The number of esters is 1. The Kier molecular flexibility index (Phi) is 5.72. The molecule has 1 heterocycles. The summed E-state index contributed by atoms with van der Waals surface area (Å²) in [6.45, 7) is 3.91. The molecule has 0 aliphatic carbocycles. The predicted octanol–water partition coefficient (Wildman–Crippen LogP) is 3.60. The van der Waals surface area contributed by atoms with Crippen molar-refractivity contribution >= 4 is 28.9 Å². The highest BCUT2D eigenvalue weighted by molar-refractivity contribution is 7.07. The van der Waals surface area contributed by atoms with Crippen LogP contribution in [0.25, 0.3) is 0 Å². The van der Waals surface area contributed by atoms with Crippen LogP contribution in [0, 0.1) is 0 Å². The molecule has 0 bridgehead atoms. The van der Waals surface area contributed by atoms with Crippen molar-refractivity contribution in [2.45, 2.75) is 26.2 Å². The highest BCUT2D eigenvalue weighted by Gasteiger charge is 2.09. The van der Waals surface area contributed by atoms with E-state index in [1.54, 1.807) is 0 Å². The molecule has 0 saturated carbocycles. The molecule has 0 atom stereocenters. The van der Waals surface area contributed by atoms with Gasteiger partial charge in [0, 0.05) is 5.69 Å². The van der Waals surface area contributed by atoms with Gasteiger partial charge in [-0.05, 0) is 46.0 Å². The number of anilines is 1. The second kappa shape index (κ2) is 7.75. The first kappa shape index (κ1) is 16.2. The van der Waals surface area contributed by atoms with Gasteiger partial charge in [-0.25, -0.2) is 0 Å². The van der Waals surface area contributed by atoms with Crippen molar-refractivity contribution in [3.05, 3.63) is 52.2 Å². The molecule has 116 valence electrons. The van der Waals surface area contributed by atoms with Crippen LogP contribution in [0.3, 0.4) is 0 Å². The molecule has 2 rings (SSSR count). The first-order chi connectivity index (χ1) is 10.5. The van der Waals surface area contributed by atoms with Gasteiger partial charge >= 0.3 is 5.97 Å². The Morgan fingerprint density at radius 1 is 1.27 bits per heavy atom. The van der Waals surface area contributed by atoms with E-state index in [0.717, 1.165) is 11.1 Å². The molecular weight excluding hydrogens is 298 g/mol. The molecule has 0 spiro atoms. The molecule has 0 radical (unpaired) electrons. The Morgan fingerprint density at radius 3 is 2.77 bits per heavy atom. The molecule has 0 unspecified atom stereocenters. The van der Waals surface area contributed by atoms with E-state index in [4.69, 9.17) is 4.74 Å². The van der Waals surface area contributed by atoms with Crippen LogP contribution in [-0.2, 0) is 20.7 Å². The molecular formula is C17H19NO3S. The van der Waals surface area contributed by atoms with Crippen molar-refractivity contribution < 1.29 is 14.3 Å². The molecule has 1 aromatic heterocycles. The number of benzene rings is 1. The van der Waals surface area contributed by atoms with Crippen LogP contribution < -0.4 is 5.32 Å². The van der Waals surface area contributed by atoms with E-state index in [1.807, 2.05) is 41.1 Å². The van der Waals surface area contributed by atoms with E-state index in [2.05, 4.69) is 19.2 Å². The Labute approximate surface area is 134 Å². The summed E-state index contributed by atoms with van der Waals surface area (Å²) < 4.78 is 4.98. The van der Waals surface area contributed by atoms with Crippen molar-refractivity contribution in [1.29, 1.82) is 0 Å². The van der Waals surface area contributed by atoms with E-state index in [9.17, 15) is 9.59 Å². The summed E-state index contributed by atoms with van der Waals surface area (Å²) in [5.74, 6) is -0.343. The van der Waals surface area contributed by atoms with Gasteiger partial charge in [0.15, 0.2) is 6.61 Å². The number of hydrogen-bond donors (Lipinski definition) is 1. The third-order valence-corrected chi connectivity index (χ3v) is 3.86. The van der Waals surface area contributed by atoms with Crippen LogP contribution in [0.15, 0.2) is 41.1 Å². The Morgan fingerprint density at radius 2 is 2.09 bits per heavy atom. The minimum Gasteiger partial charge on any atom is -0.455 e. The van der Waals surface area contributed by atoms with Gasteiger partial charge in [0.05, 0.1) is 6.42 Å². The maximum atomic E-state index is 11.8. The van der Waals surface area contributed by atoms with Crippen LogP contribution in [0.4, 0.5) is 5.69 Å². The zero-order valence-electron chi connectivity index (χ0n) is 12.7. The van der Waals surface area contributed by atoms with Crippen LogP contribution in [0.5, 0.6) is 0 Å². The second-order valence-corrected chi connectivity index (χ2v) is 6.08. The summed E-state index contributed by atoms with van der Waals surface area (Å²) in [5.41, 5.74) is 2.76. The summed E-state index contributed by atoms with van der Waals surface area (Å²) in [7, 11) is 0. The molecule has 0 fully saturated rings. The number of carbonyl (C=O) groups is 2. The van der Waals surface area contributed by atoms with Crippen molar-refractivity contribution in [2.24, 2.45) is 0 Å². The Bertz CT molecular complexity index is 635. The monoisotopic (exact) mass is 317 g/mol. The molecule has 22 heavy (non-hydrogen) atoms. The molecule has 0 aliphatic heterocycles. The first-order valence-corrected chi connectivity index (χ1v) is 8.05. The summed E-state index contributed by atoms with van der Waals surface area (Å²) in [6, 6.07) is 9.52. The largest absolute Gasteiger partial charge is 0.455 e. The fraction of sp³-hybridized carbons (Fsp3) is 0.294. The minimum absolute atomic E-state index is 0.194. The number of ether oxygens (including phenoxy) is 1. The van der Waals surface area contributed by atoms with E-state index < -0.39 is 5.97 Å². The van der Waals surface area contributed by atoms with Gasteiger partial charge in [-0.3, -0.25) is 9.59 Å². The van der Waals surface area contributed by atoms with E-state index in [1.165, 1.54) is 11.3 Å². The lowest BCUT2D eigenvalue weighted by Crippen LogP contribution is -2.21. The molecule has 4 nitrogen and oxygen atoms in total. The van der Waals surface area contributed by atoms with Crippen LogP contribution in [-0.4, -0.2) is 18.5 Å². The summed E-state index contributed by atoms with van der Waals surface area (Å²) in [5, 5.41) is 6.52. The molecule has 1 aromatic carbocycles. The Hall–Kier alpha value is -2.14.